The molecule has 168 valence electrons. The van der Waals surface area contributed by atoms with Gasteiger partial charge in [0.1, 0.15) is 11.4 Å². The van der Waals surface area contributed by atoms with E-state index < -0.39 is 30.3 Å². The molecule has 2 heterocycles. The molecule has 32 heavy (non-hydrogen) atoms. The Kier molecular flexibility index (Phi) is 5.68. The van der Waals surface area contributed by atoms with Crippen molar-refractivity contribution in [3.63, 3.8) is 0 Å². The number of carbonyl (C=O) groups excluding carboxylic acids is 1. The maximum atomic E-state index is 13.8. The van der Waals surface area contributed by atoms with Gasteiger partial charge in [-0.25, -0.2) is 4.68 Å². The third kappa shape index (κ3) is 4.34. The zero-order valence-corrected chi connectivity index (χ0v) is 17.5. The van der Waals surface area contributed by atoms with Gasteiger partial charge in [0.05, 0.1) is 18.3 Å². The summed E-state index contributed by atoms with van der Waals surface area (Å²) < 4.78 is 42.4. The molecule has 1 aliphatic rings. The molecule has 1 aromatic heterocycles. The Labute approximate surface area is 183 Å². The summed E-state index contributed by atoms with van der Waals surface area (Å²) >= 11 is 0. The number of nitrogens with one attached hydrogen (secondary N) is 2. The Morgan fingerprint density at radius 2 is 1.97 bits per heavy atom. The number of rotatable bonds is 4. The van der Waals surface area contributed by atoms with Gasteiger partial charge in [0.15, 0.2) is 6.04 Å². The van der Waals surface area contributed by atoms with Gasteiger partial charge in [-0.1, -0.05) is 42.0 Å². The molecule has 6 nitrogen and oxygen atoms in total. The van der Waals surface area contributed by atoms with Crippen molar-refractivity contribution in [3.05, 3.63) is 77.0 Å². The number of aryl methyl sites for hydroxylation is 1. The molecule has 3 atom stereocenters. The first-order valence-corrected chi connectivity index (χ1v) is 10.2. The lowest BCUT2D eigenvalue weighted by atomic mass is 9.96. The number of benzene rings is 2. The van der Waals surface area contributed by atoms with Crippen LogP contribution in [0.4, 0.5) is 24.7 Å². The van der Waals surface area contributed by atoms with E-state index in [-0.39, 0.29) is 17.8 Å². The molecule has 2 aromatic carbocycles. The van der Waals surface area contributed by atoms with E-state index >= 15 is 0 Å². The van der Waals surface area contributed by atoms with Crippen LogP contribution >= 0.6 is 0 Å². The van der Waals surface area contributed by atoms with Crippen molar-refractivity contribution in [3.8, 4) is 0 Å². The Bertz CT molecular complexity index is 1120. The zero-order chi connectivity index (χ0) is 23.0. The van der Waals surface area contributed by atoms with Gasteiger partial charge in [0.2, 0.25) is 0 Å². The van der Waals surface area contributed by atoms with Crippen molar-refractivity contribution >= 4 is 17.4 Å². The highest BCUT2D eigenvalue weighted by molar-refractivity contribution is 6.07. The molecule has 3 aromatic rings. The maximum absolute atomic E-state index is 13.8. The summed E-state index contributed by atoms with van der Waals surface area (Å²) in [6, 6.07) is 11.4. The summed E-state index contributed by atoms with van der Waals surface area (Å²) in [7, 11) is 0. The van der Waals surface area contributed by atoms with E-state index in [1.807, 2.05) is 19.1 Å². The minimum absolute atomic E-state index is 0.0125. The van der Waals surface area contributed by atoms with E-state index in [1.54, 1.807) is 43.3 Å². The van der Waals surface area contributed by atoms with Crippen molar-refractivity contribution in [2.75, 3.05) is 10.6 Å². The molecule has 0 bridgehead atoms. The SMILES string of the molecule is Cc1ccc([C@@H]2C[C@H](C(F)(F)F)n3ncc(C(=O)Nc4cccc([C@@H](C)O)c4)c3N2)cc1. The zero-order valence-electron chi connectivity index (χ0n) is 17.5. The lowest BCUT2D eigenvalue weighted by Crippen LogP contribution is -2.36. The number of aromatic nitrogens is 2. The number of hydrogen-bond acceptors (Lipinski definition) is 4. The third-order valence-corrected chi connectivity index (χ3v) is 5.59. The molecule has 4 rings (SSSR count). The van der Waals surface area contributed by atoms with Crippen LogP contribution in [0, 0.1) is 6.92 Å². The van der Waals surface area contributed by atoms with Crippen LogP contribution in [0.1, 0.15) is 58.6 Å². The van der Waals surface area contributed by atoms with Crippen LogP contribution in [0.15, 0.2) is 54.7 Å². The van der Waals surface area contributed by atoms with Crippen molar-refractivity contribution in [1.82, 2.24) is 9.78 Å². The van der Waals surface area contributed by atoms with E-state index in [4.69, 9.17) is 0 Å². The second-order valence-electron chi connectivity index (χ2n) is 8.01. The van der Waals surface area contributed by atoms with Gasteiger partial charge >= 0.3 is 6.18 Å². The van der Waals surface area contributed by atoms with Crippen LogP contribution in [0.5, 0.6) is 0 Å². The summed E-state index contributed by atoms with van der Waals surface area (Å²) in [6.07, 6.45) is -4.34. The van der Waals surface area contributed by atoms with E-state index in [0.717, 1.165) is 16.4 Å². The fraction of sp³-hybridized carbons (Fsp3) is 0.304. The highest BCUT2D eigenvalue weighted by Crippen LogP contribution is 2.44. The van der Waals surface area contributed by atoms with Gasteiger partial charge in [-0.05, 0) is 37.1 Å². The van der Waals surface area contributed by atoms with Crippen LogP contribution in [0.25, 0.3) is 0 Å². The van der Waals surface area contributed by atoms with E-state index in [1.165, 1.54) is 0 Å². The van der Waals surface area contributed by atoms with E-state index in [0.29, 0.717) is 16.8 Å². The van der Waals surface area contributed by atoms with Crippen molar-refractivity contribution in [1.29, 1.82) is 0 Å². The number of halogens is 3. The maximum Gasteiger partial charge on any atom is 0.410 e. The number of carbonyl (C=O) groups is 1. The average molecular weight is 444 g/mol. The summed E-state index contributed by atoms with van der Waals surface area (Å²) in [5.74, 6) is -0.569. The highest BCUT2D eigenvalue weighted by Gasteiger charge is 2.47. The molecular weight excluding hydrogens is 421 g/mol. The van der Waals surface area contributed by atoms with Gasteiger partial charge in [0.25, 0.3) is 5.91 Å². The molecule has 0 unspecified atom stereocenters. The van der Waals surface area contributed by atoms with Crippen molar-refractivity contribution in [2.24, 2.45) is 0 Å². The number of anilines is 2. The highest BCUT2D eigenvalue weighted by atomic mass is 19.4. The Morgan fingerprint density at radius 1 is 1.25 bits per heavy atom. The van der Waals surface area contributed by atoms with E-state index in [2.05, 4.69) is 15.7 Å². The molecule has 0 spiro atoms. The largest absolute Gasteiger partial charge is 0.410 e. The second-order valence-corrected chi connectivity index (χ2v) is 8.01. The van der Waals surface area contributed by atoms with Crippen LogP contribution in [0.3, 0.4) is 0 Å². The Balaban J connectivity index is 1.67. The predicted octanol–water partition coefficient (Wildman–Crippen LogP) is 5.16. The molecular formula is C23H23F3N4O2. The summed E-state index contributed by atoms with van der Waals surface area (Å²) in [4.78, 5) is 12.9. The van der Waals surface area contributed by atoms with Crippen molar-refractivity contribution < 1.29 is 23.1 Å². The summed E-state index contributed by atoms with van der Waals surface area (Å²) in [5, 5.41) is 19.4. The first-order chi connectivity index (χ1) is 15.1. The Hall–Kier alpha value is -3.33. The molecule has 0 fully saturated rings. The number of aliphatic hydroxyl groups excluding tert-OH is 1. The molecule has 3 N–H and O–H groups in total. The number of aliphatic hydroxyl groups is 1. The fourth-order valence-electron chi connectivity index (χ4n) is 3.82. The van der Waals surface area contributed by atoms with Crippen LogP contribution in [-0.2, 0) is 0 Å². The minimum atomic E-state index is -4.52. The first-order valence-electron chi connectivity index (χ1n) is 10.2. The fourth-order valence-corrected chi connectivity index (χ4v) is 3.82. The topological polar surface area (TPSA) is 79.2 Å². The van der Waals surface area contributed by atoms with Crippen LogP contribution in [0.2, 0.25) is 0 Å². The minimum Gasteiger partial charge on any atom is -0.389 e. The third-order valence-electron chi connectivity index (χ3n) is 5.59. The number of alkyl halides is 3. The Morgan fingerprint density at radius 3 is 2.62 bits per heavy atom. The molecule has 1 amide bonds. The normalized spacial score (nSPS) is 19.1. The van der Waals surface area contributed by atoms with Gasteiger partial charge in [0, 0.05) is 12.1 Å². The van der Waals surface area contributed by atoms with E-state index in [9.17, 15) is 23.1 Å². The average Bonchev–Trinajstić information content (AvgIpc) is 3.17. The molecule has 0 radical (unpaired) electrons. The molecule has 9 heteroatoms. The van der Waals surface area contributed by atoms with Crippen molar-refractivity contribution in [2.45, 2.75) is 44.6 Å². The van der Waals surface area contributed by atoms with Gasteiger partial charge < -0.3 is 15.7 Å². The number of nitrogens with zero attached hydrogens (tertiary/aromatic N) is 2. The molecule has 0 saturated heterocycles. The lowest BCUT2D eigenvalue weighted by molar-refractivity contribution is -0.173. The van der Waals surface area contributed by atoms with Crippen LogP contribution < -0.4 is 10.6 Å². The van der Waals surface area contributed by atoms with Gasteiger partial charge in [-0.3, -0.25) is 4.79 Å². The second kappa shape index (κ2) is 8.31. The number of hydrogen-bond donors (Lipinski definition) is 3. The smallest absolute Gasteiger partial charge is 0.389 e. The standard InChI is InChI=1S/C23H23F3N4O2/c1-13-6-8-15(9-7-13)19-11-20(23(24,25)26)30-21(29-19)18(12-27-30)22(32)28-17-5-3-4-16(10-17)14(2)31/h3-10,12,14,19-20,29,31H,11H2,1-2H3,(H,28,32)/t14-,19+,20-/m1/s1. The predicted molar refractivity (Wildman–Crippen MR) is 115 cm³/mol. The molecule has 0 saturated carbocycles. The number of fused-ring (bicyclic) bond motifs is 1. The molecule has 1 aliphatic heterocycles. The van der Waals surface area contributed by atoms with Gasteiger partial charge in [-0.15, -0.1) is 0 Å². The first kappa shape index (κ1) is 21.9. The van der Waals surface area contributed by atoms with Crippen LogP contribution in [-0.4, -0.2) is 27.0 Å². The summed E-state index contributed by atoms with van der Waals surface area (Å²) in [6.45, 7) is 3.50. The lowest BCUT2D eigenvalue weighted by Gasteiger charge is -2.34. The van der Waals surface area contributed by atoms with Gasteiger partial charge in [-0.2, -0.15) is 18.3 Å². The monoisotopic (exact) mass is 444 g/mol. The molecule has 0 aliphatic carbocycles. The quantitative estimate of drug-likeness (QED) is 0.520. The number of amides is 1. The summed E-state index contributed by atoms with van der Waals surface area (Å²) in [5.41, 5.74) is 2.74.